The minimum Gasteiger partial charge on any atom is -0.487 e. The molecular formula is C19H15FN2O3. The second-order valence-electron chi connectivity index (χ2n) is 5.15. The molecule has 1 atom stereocenters. The van der Waals surface area contributed by atoms with Crippen LogP contribution in [0.5, 0.6) is 5.75 Å². The topological polar surface area (TPSA) is 96.3 Å². The predicted octanol–water partition coefficient (Wildman–Crippen LogP) is 2.43. The molecule has 0 aliphatic rings. The molecule has 0 unspecified atom stereocenters. The third-order valence-electron chi connectivity index (χ3n) is 3.31. The highest BCUT2D eigenvalue weighted by molar-refractivity contribution is 5.73. The Kier molecular flexibility index (Phi) is 6.11. The Morgan fingerprint density at radius 3 is 2.76 bits per heavy atom. The van der Waals surface area contributed by atoms with Crippen molar-refractivity contribution < 1.29 is 19.0 Å². The predicted molar refractivity (Wildman–Crippen MR) is 89.0 cm³/mol. The van der Waals surface area contributed by atoms with Crippen LogP contribution in [0.15, 0.2) is 42.5 Å². The quantitative estimate of drug-likeness (QED) is 0.816. The first kappa shape index (κ1) is 18.0. The van der Waals surface area contributed by atoms with Crippen LogP contribution in [0.25, 0.3) is 0 Å². The van der Waals surface area contributed by atoms with Crippen LogP contribution in [-0.4, -0.2) is 17.1 Å². The molecule has 2 aromatic carbocycles. The molecule has 0 aliphatic carbocycles. The molecule has 126 valence electrons. The zero-order valence-corrected chi connectivity index (χ0v) is 13.2. The standard InChI is InChI=1S/C19H15FN2O3/c20-16-6-2-1-5-14(16)12-25-18-9-8-13(10-15(18)11-21)4-3-7-17(22)19(23)24/h1-2,5-6,8-10,17H,7,12,22H2,(H,23,24)/t17-/m0/s1. The number of nitriles is 1. The van der Waals surface area contributed by atoms with E-state index in [1.807, 2.05) is 6.07 Å². The number of rotatable bonds is 5. The average Bonchev–Trinajstić information content (AvgIpc) is 2.61. The molecule has 3 N–H and O–H groups in total. The van der Waals surface area contributed by atoms with E-state index >= 15 is 0 Å². The molecule has 0 saturated heterocycles. The second kappa shape index (κ2) is 8.49. The zero-order valence-electron chi connectivity index (χ0n) is 13.2. The fourth-order valence-electron chi connectivity index (χ4n) is 1.94. The summed E-state index contributed by atoms with van der Waals surface area (Å²) in [5, 5.41) is 17.9. The Labute approximate surface area is 144 Å². The van der Waals surface area contributed by atoms with Gasteiger partial charge in [0.05, 0.1) is 5.56 Å². The fraction of sp³-hybridized carbons (Fsp3) is 0.158. The average molecular weight is 338 g/mol. The summed E-state index contributed by atoms with van der Waals surface area (Å²) in [5.41, 5.74) is 6.54. The summed E-state index contributed by atoms with van der Waals surface area (Å²) >= 11 is 0. The first-order valence-corrected chi connectivity index (χ1v) is 7.39. The number of carbonyl (C=O) groups is 1. The third-order valence-corrected chi connectivity index (χ3v) is 3.31. The monoisotopic (exact) mass is 338 g/mol. The van der Waals surface area contributed by atoms with E-state index in [2.05, 4.69) is 11.8 Å². The van der Waals surface area contributed by atoms with Gasteiger partial charge in [0.2, 0.25) is 0 Å². The number of nitrogens with two attached hydrogens (primary N) is 1. The molecule has 0 amide bonds. The normalized spacial score (nSPS) is 10.9. The van der Waals surface area contributed by atoms with E-state index < -0.39 is 12.0 Å². The van der Waals surface area contributed by atoms with Crippen molar-refractivity contribution in [2.75, 3.05) is 0 Å². The Bertz CT molecular complexity index is 878. The van der Waals surface area contributed by atoms with Crippen molar-refractivity contribution in [3.63, 3.8) is 0 Å². The van der Waals surface area contributed by atoms with Gasteiger partial charge in [0, 0.05) is 17.5 Å². The number of hydrogen-bond acceptors (Lipinski definition) is 4. The van der Waals surface area contributed by atoms with Crippen molar-refractivity contribution in [3.8, 4) is 23.7 Å². The number of hydrogen-bond donors (Lipinski definition) is 2. The number of aliphatic carboxylic acids is 1. The SMILES string of the molecule is N#Cc1cc(C#CC[C@H](N)C(=O)O)ccc1OCc1ccccc1F. The largest absolute Gasteiger partial charge is 0.487 e. The first-order chi connectivity index (χ1) is 12.0. The molecule has 0 fully saturated rings. The maximum atomic E-state index is 13.6. The Hall–Kier alpha value is -3.35. The van der Waals surface area contributed by atoms with Gasteiger partial charge in [0.25, 0.3) is 0 Å². The van der Waals surface area contributed by atoms with Gasteiger partial charge >= 0.3 is 5.97 Å². The smallest absolute Gasteiger partial charge is 0.321 e. The van der Waals surface area contributed by atoms with E-state index in [4.69, 9.17) is 15.6 Å². The minimum atomic E-state index is -1.12. The summed E-state index contributed by atoms with van der Waals surface area (Å²) in [7, 11) is 0. The Balaban J connectivity index is 2.09. The molecular weight excluding hydrogens is 323 g/mol. The maximum Gasteiger partial charge on any atom is 0.321 e. The van der Waals surface area contributed by atoms with Gasteiger partial charge in [-0.3, -0.25) is 4.79 Å². The second-order valence-corrected chi connectivity index (χ2v) is 5.15. The van der Waals surface area contributed by atoms with Crippen molar-refractivity contribution in [1.82, 2.24) is 0 Å². The number of halogens is 1. The van der Waals surface area contributed by atoms with E-state index in [9.17, 15) is 14.4 Å². The Morgan fingerprint density at radius 2 is 2.08 bits per heavy atom. The number of carboxylic acid groups (broad SMARTS) is 1. The van der Waals surface area contributed by atoms with Crippen LogP contribution in [0.1, 0.15) is 23.1 Å². The zero-order chi connectivity index (χ0) is 18.2. The number of carboxylic acids is 1. The van der Waals surface area contributed by atoms with Crippen LogP contribution in [-0.2, 0) is 11.4 Å². The van der Waals surface area contributed by atoms with Gasteiger partial charge in [0.15, 0.2) is 0 Å². The molecule has 0 saturated carbocycles. The lowest BCUT2D eigenvalue weighted by Crippen LogP contribution is -2.29. The van der Waals surface area contributed by atoms with E-state index in [0.29, 0.717) is 16.9 Å². The van der Waals surface area contributed by atoms with E-state index in [0.717, 1.165) is 0 Å². The summed E-state index contributed by atoms with van der Waals surface area (Å²) in [6, 6.07) is 11.9. The summed E-state index contributed by atoms with van der Waals surface area (Å²) < 4.78 is 19.1. The summed E-state index contributed by atoms with van der Waals surface area (Å²) in [6.45, 7) is -0.000155. The highest BCUT2D eigenvalue weighted by Crippen LogP contribution is 2.21. The molecule has 6 heteroatoms. The molecule has 0 heterocycles. The van der Waals surface area contributed by atoms with Crippen molar-refractivity contribution in [1.29, 1.82) is 5.26 Å². The van der Waals surface area contributed by atoms with Gasteiger partial charge in [-0.1, -0.05) is 30.0 Å². The van der Waals surface area contributed by atoms with Crippen molar-refractivity contribution >= 4 is 5.97 Å². The molecule has 2 aromatic rings. The highest BCUT2D eigenvalue weighted by Gasteiger charge is 2.09. The summed E-state index contributed by atoms with van der Waals surface area (Å²) in [4.78, 5) is 10.6. The van der Waals surface area contributed by atoms with E-state index in [1.54, 1.807) is 30.3 Å². The van der Waals surface area contributed by atoms with E-state index in [-0.39, 0.29) is 24.4 Å². The number of benzene rings is 2. The van der Waals surface area contributed by atoms with Crippen LogP contribution in [0.4, 0.5) is 4.39 Å². The van der Waals surface area contributed by atoms with Gasteiger partial charge in [-0.25, -0.2) is 4.39 Å². The lowest BCUT2D eigenvalue weighted by molar-refractivity contribution is -0.138. The van der Waals surface area contributed by atoms with Crippen LogP contribution in [0, 0.1) is 29.0 Å². The van der Waals surface area contributed by atoms with Gasteiger partial charge < -0.3 is 15.6 Å². The van der Waals surface area contributed by atoms with Crippen molar-refractivity contribution in [2.45, 2.75) is 19.1 Å². The summed E-state index contributed by atoms with van der Waals surface area (Å²) in [6.07, 6.45) is 0.00273. The fourth-order valence-corrected chi connectivity index (χ4v) is 1.94. The summed E-state index contributed by atoms with van der Waals surface area (Å²) in [5.74, 6) is 4.24. The Morgan fingerprint density at radius 1 is 1.32 bits per heavy atom. The molecule has 0 aromatic heterocycles. The number of nitrogens with zero attached hydrogens (tertiary/aromatic N) is 1. The van der Waals surface area contributed by atoms with Gasteiger partial charge in [-0.05, 0) is 24.3 Å². The van der Waals surface area contributed by atoms with Crippen LogP contribution < -0.4 is 10.5 Å². The van der Waals surface area contributed by atoms with E-state index in [1.165, 1.54) is 12.1 Å². The lowest BCUT2D eigenvalue weighted by atomic mass is 10.1. The van der Waals surface area contributed by atoms with Crippen LogP contribution >= 0.6 is 0 Å². The van der Waals surface area contributed by atoms with Crippen LogP contribution in [0.2, 0.25) is 0 Å². The van der Waals surface area contributed by atoms with Crippen LogP contribution in [0.3, 0.4) is 0 Å². The number of ether oxygens (including phenoxy) is 1. The third kappa shape index (κ3) is 5.07. The molecule has 0 spiro atoms. The molecule has 0 aliphatic heterocycles. The van der Waals surface area contributed by atoms with Gasteiger partial charge in [0.1, 0.15) is 30.3 Å². The molecule has 25 heavy (non-hydrogen) atoms. The first-order valence-electron chi connectivity index (χ1n) is 7.39. The minimum absolute atomic E-state index is 0.000155. The van der Waals surface area contributed by atoms with Crippen molar-refractivity contribution in [3.05, 3.63) is 65.0 Å². The molecule has 0 radical (unpaired) electrons. The van der Waals surface area contributed by atoms with Crippen molar-refractivity contribution in [2.24, 2.45) is 5.73 Å². The molecule has 5 nitrogen and oxygen atoms in total. The maximum absolute atomic E-state index is 13.6. The molecule has 0 bridgehead atoms. The highest BCUT2D eigenvalue weighted by atomic mass is 19.1. The lowest BCUT2D eigenvalue weighted by Gasteiger charge is -2.09. The molecule has 2 rings (SSSR count). The van der Waals surface area contributed by atoms with Gasteiger partial charge in [-0.2, -0.15) is 5.26 Å². The van der Waals surface area contributed by atoms with Gasteiger partial charge in [-0.15, -0.1) is 0 Å².